The van der Waals surface area contributed by atoms with Gasteiger partial charge in [-0.1, -0.05) is 42.8 Å². The molecule has 0 aliphatic carbocycles. The summed E-state index contributed by atoms with van der Waals surface area (Å²) in [6.45, 7) is 3.97. The number of carboxylic acid groups (broad SMARTS) is 1. The van der Waals surface area contributed by atoms with Crippen molar-refractivity contribution in [3.63, 3.8) is 0 Å². The van der Waals surface area contributed by atoms with E-state index in [1.165, 1.54) is 31.4 Å². The van der Waals surface area contributed by atoms with Crippen molar-refractivity contribution >= 4 is 23.3 Å². The number of carbonyl (C=O) groups excluding carboxylic acids is 1. The van der Waals surface area contributed by atoms with E-state index in [2.05, 4.69) is 15.1 Å². The molecule has 3 aromatic carbocycles. The highest BCUT2D eigenvalue weighted by Crippen LogP contribution is 2.29. The van der Waals surface area contributed by atoms with Crippen molar-refractivity contribution < 1.29 is 19.8 Å². The van der Waals surface area contributed by atoms with E-state index in [4.69, 9.17) is 0 Å². The number of carboxylic acids is 1. The molecule has 1 aliphatic rings. The summed E-state index contributed by atoms with van der Waals surface area (Å²) < 4.78 is 0. The summed E-state index contributed by atoms with van der Waals surface area (Å²) in [5.41, 5.74) is 2.73. The van der Waals surface area contributed by atoms with Gasteiger partial charge in [-0.2, -0.15) is 0 Å². The number of amides is 1. The summed E-state index contributed by atoms with van der Waals surface area (Å²) in [5, 5.41) is 22.7. The minimum absolute atomic E-state index is 0.0210. The van der Waals surface area contributed by atoms with E-state index in [9.17, 15) is 19.8 Å². The van der Waals surface area contributed by atoms with Gasteiger partial charge in [0, 0.05) is 25.8 Å². The summed E-state index contributed by atoms with van der Waals surface area (Å²) in [7, 11) is 1.96. The number of likely N-dealkylation sites (tertiary alicyclic amines) is 1. The third-order valence-electron chi connectivity index (χ3n) is 6.47. The van der Waals surface area contributed by atoms with Crippen LogP contribution in [-0.4, -0.2) is 60.2 Å². The van der Waals surface area contributed by atoms with Crippen LogP contribution in [0.3, 0.4) is 0 Å². The van der Waals surface area contributed by atoms with E-state index < -0.39 is 11.9 Å². The lowest BCUT2D eigenvalue weighted by molar-refractivity contribution is 0.0698. The molecule has 0 bridgehead atoms. The second-order valence-corrected chi connectivity index (χ2v) is 8.91. The molecule has 4 rings (SSSR count). The summed E-state index contributed by atoms with van der Waals surface area (Å²) in [6, 6.07) is 19.3. The summed E-state index contributed by atoms with van der Waals surface area (Å²) in [5.74, 6) is -1.87. The Labute approximate surface area is 205 Å². The molecule has 7 heteroatoms. The maximum absolute atomic E-state index is 13.1. The van der Waals surface area contributed by atoms with E-state index in [0.717, 1.165) is 43.0 Å². The SMILES string of the molecule is CN(CCN1CCCCC1)c1ccc(O)c(C(=O)Nc2cc(-c3ccccc3)ccc2C(=O)O)c1. The highest BCUT2D eigenvalue weighted by Gasteiger charge is 2.19. The van der Waals surface area contributed by atoms with Gasteiger partial charge in [0.25, 0.3) is 5.91 Å². The average Bonchev–Trinajstić information content (AvgIpc) is 2.88. The number of aromatic carboxylic acids is 1. The molecule has 0 unspecified atom stereocenters. The zero-order valence-corrected chi connectivity index (χ0v) is 19.9. The second kappa shape index (κ2) is 11.1. The van der Waals surface area contributed by atoms with Crippen LogP contribution < -0.4 is 10.2 Å². The number of carbonyl (C=O) groups is 2. The third-order valence-corrected chi connectivity index (χ3v) is 6.47. The molecule has 0 aromatic heterocycles. The minimum atomic E-state index is -1.14. The second-order valence-electron chi connectivity index (χ2n) is 8.91. The Morgan fingerprint density at radius 1 is 0.914 bits per heavy atom. The normalized spacial score (nSPS) is 13.9. The Balaban J connectivity index is 1.53. The Hall–Kier alpha value is -3.84. The maximum atomic E-state index is 13.1. The molecule has 1 fully saturated rings. The van der Waals surface area contributed by atoms with Crippen LogP contribution in [0.4, 0.5) is 11.4 Å². The number of hydrogen-bond acceptors (Lipinski definition) is 5. The third kappa shape index (κ3) is 6.00. The topological polar surface area (TPSA) is 93.1 Å². The molecule has 0 spiro atoms. The Kier molecular flexibility index (Phi) is 7.67. The van der Waals surface area contributed by atoms with Crippen LogP contribution in [0.2, 0.25) is 0 Å². The van der Waals surface area contributed by atoms with Gasteiger partial charge in [0.05, 0.1) is 16.8 Å². The van der Waals surface area contributed by atoms with Gasteiger partial charge in [0.15, 0.2) is 0 Å². The highest BCUT2D eigenvalue weighted by atomic mass is 16.4. The van der Waals surface area contributed by atoms with Gasteiger partial charge >= 0.3 is 5.97 Å². The molecule has 3 N–H and O–H groups in total. The Morgan fingerprint density at radius 2 is 1.66 bits per heavy atom. The lowest BCUT2D eigenvalue weighted by Gasteiger charge is -2.29. The van der Waals surface area contributed by atoms with E-state index in [0.29, 0.717) is 0 Å². The van der Waals surface area contributed by atoms with Gasteiger partial charge in [-0.3, -0.25) is 4.79 Å². The molecule has 3 aromatic rings. The molecule has 0 saturated carbocycles. The number of nitrogens with zero attached hydrogens (tertiary/aromatic N) is 2. The molecule has 0 radical (unpaired) electrons. The van der Waals surface area contributed by atoms with Gasteiger partial charge in [-0.15, -0.1) is 0 Å². The van der Waals surface area contributed by atoms with Crippen molar-refractivity contribution in [2.24, 2.45) is 0 Å². The van der Waals surface area contributed by atoms with Gasteiger partial charge < -0.3 is 25.3 Å². The van der Waals surface area contributed by atoms with Crippen molar-refractivity contribution in [1.29, 1.82) is 0 Å². The number of phenolic OH excluding ortho intramolecular Hbond substituents is 1. The number of phenols is 1. The van der Waals surface area contributed by atoms with Crippen molar-refractivity contribution in [2.75, 3.05) is 43.4 Å². The number of nitrogens with one attached hydrogen (secondary N) is 1. The molecule has 182 valence electrons. The quantitative estimate of drug-likeness (QED) is 0.430. The molecule has 1 saturated heterocycles. The number of anilines is 2. The largest absolute Gasteiger partial charge is 0.507 e. The molecule has 1 amide bonds. The van der Waals surface area contributed by atoms with Crippen LogP contribution in [0.1, 0.15) is 40.0 Å². The Morgan fingerprint density at radius 3 is 2.37 bits per heavy atom. The lowest BCUT2D eigenvalue weighted by Crippen LogP contribution is -2.36. The Bertz CT molecular complexity index is 1190. The van der Waals surface area contributed by atoms with Crippen LogP contribution in [0.15, 0.2) is 66.7 Å². The number of likely N-dealkylation sites (N-methyl/N-ethyl adjacent to an activating group) is 1. The zero-order chi connectivity index (χ0) is 24.8. The molecule has 1 aliphatic heterocycles. The van der Waals surface area contributed by atoms with Gasteiger partial charge in [-0.05, 0) is 67.4 Å². The van der Waals surface area contributed by atoms with Crippen molar-refractivity contribution in [3.05, 3.63) is 77.9 Å². The average molecular weight is 474 g/mol. The lowest BCUT2D eigenvalue weighted by atomic mass is 10.0. The monoisotopic (exact) mass is 473 g/mol. The van der Waals surface area contributed by atoms with Crippen LogP contribution in [0, 0.1) is 0 Å². The molecular formula is C28H31N3O4. The fourth-order valence-corrected chi connectivity index (χ4v) is 4.38. The minimum Gasteiger partial charge on any atom is -0.507 e. The fraction of sp³-hybridized carbons (Fsp3) is 0.286. The molecule has 7 nitrogen and oxygen atoms in total. The first-order chi connectivity index (χ1) is 16.9. The van der Waals surface area contributed by atoms with Crippen molar-refractivity contribution in [2.45, 2.75) is 19.3 Å². The first-order valence-corrected chi connectivity index (χ1v) is 11.9. The van der Waals surface area contributed by atoms with Gasteiger partial charge in [-0.25, -0.2) is 4.79 Å². The predicted molar refractivity (Wildman–Crippen MR) is 138 cm³/mol. The first-order valence-electron chi connectivity index (χ1n) is 11.9. The highest BCUT2D eigenvalue weighted by molar-refractivity contribution is 6.10. The first kappa shape index (κ1) is 24.3. The number of hydrogen-bond donors (Lipinski definition) is 3. The maximum Gasteiger partial charge on any atom is 0.337 e. The van der Waals surface area contributed by atoms with E-state index in [-0.39, 0.29) is 22.6 Å². The number of rotatable bonds is 8. The van der Waals surface area contributed by atoms with Crippen LogP contribution in [0.25, 0.3) is 11.1 Å². The van der Waals surface area contributed by atoms with Crippen LogP contribution in [-0.2, 0) is 0 Å². The fourth-order valence-electron chi connectivity index (χ4n) is 4.38. The molecular weight excluding hydrogens is 442 g/mol. The van der Waals surface area contributed by atoms with E-state index in [1.54, 1.807) is 24.3 Å². The van der Waals surface area contributed by atoms with E-state index in [1.807, 2.05) is 37.4 Å². The van der Waals surface area contributed by atoms with Crippen molar-refractivity contribution in [3.8, 4) is 16.9 Å². The van der Waals surface area contributed by atoms with Crippen molar-refractivity contribution in [1.82, 2.24) is 4.90 Å². The summed E-state index contributed by atoms with van der Waals surface area (Å²) >= 11 is 0. The smallest absolute Gasteiger partial charge is 0.337 e. The zero-order valence-electron chi connectivity index (χ0n) is 19.9. The van der Waals surface area contributed by atoms with E-state index >= 15 is 0 Å². The number of aromatic hydroxyl groups is 1. The molecule has 0 atom stereocenters. The number of benzene rings is 3. The van der Waals surface area contributed by atoms with Gasteiger partial charge in [0.1, 0.15) is 5.75 Å². The van der Waals surface area contributed by atoms with Crippen LogP contribution >= 0.6 is 0 Å². The summed E-state index contributed by atoms with van der Waals surface area (Å²) in [6.07, 6.45) is 3.76. The van der Waals surface area contributed by atoms with Gasteiger partial charge in [0.2, 0.25) is 0 Å². The molecule has 1 heterocycles. The number of piperidine rings is 1. The van der Waals surface area contributed by atoms with Crippen LogP contribution in [0.5, 0.6) is 5.75 Å². The predicted octanol–water partition coefficient (Wildman–Crippen LogP) is 4.93. The standard InChI is InChI=1S/C28H31N3O4/c1-30(16-17-31-14-6-3-7-15-31)22-11-13-26(32)24(19-22)27(33)29-25-18-21(10-12-23(25)28(34)35)20-8-4-2-5-9-20/h2,4-5,8-13,18-19,32H,3,6-7,14-17H2,1H3,(H,29,33)(H,34,35). The summed E-state index contributed by atoms with van der Waals surface area (Å²) in [4.78, 5) is 29.4. The molecule has 35 heavy (non-hydrogen) atoms.